The van der Waals surface area contributed by atoms with Gasteiger partial charge in [-0.05, 0) is 31.9 Å². The van der Waals surface area contributed by atoms with Crippen molar-refractivity contribution in [3.8, 4) is 5.75 Å². The number of carbonyl (C=O) groups is 2. The van der Waals surface area contributed by atoms with Gasteiger partial charge in [0.05, 0.1) is 12.7 Å². The number of hydrogen-bond donors (Lipinski definition) is 1. The summed E-state index contributed by atoms with van der Waals surface area (Å²) in [5.41, 5.74) is 1.57. The minimum absolute atomic E-state index is 0.136. The number of nitrogens with one attached hydrogen (secondary N) is 1. The van der Waals surface area contributed by atoms with Crippen LogP contribution in [0.2, 0.25) is 0 Å². The molecule has 0 aromatic heterocycles. The molecule has 5 heteroatoms. The molecule has 1 saturated heterocycles. The Morgan fingerprint density at radius 3 is 2.90 bits per heavy atom. The first-order valence-electron chi connectivity index (χ1n) is 7.32. The van der Waals surface area contributed by atoms with Gasteiger partial charge in [-0.2, -0.15) is 0 Å². The number of nitrogens with zero attached hydrogens (tertiary/aromatic N) is 1. The minimum Gasteiger partial charge on any atom is -0.496 e. The fraction of sp³-hybridized carbons (Fsp3) is 0.500. The van der Waals surface area contributed by atoms with Crippen molar-refractivity contribution < 1.29 is 14.3 Å². The summed E-state index contributed by atoms with van der Waals surface area (Å²) in [6.45, 7) is 4.05. The maximum atomic E-state index is 12.2. The van der Waals surface area contributed by atoms with Crippen LogP contribution in [0, 0.1) is 6.92 Å². The van der Waals surface area contributed by atoms with Gasteiger partial charge in [-0.3, -0.25) is 9.59 Å². The van der Waals surface area contributed by atoms with Crippen LogP contribution in [0.15, 0.2) is 18.2 Å². The fourth-order valence-electron chi connectivity index (χ4n) is 2.51. The molecule has 1 N–H and O–H groups in total. The van der Waals surface area contributed by atoms with Crippen molar-refractivity contribution in [3.63, 3.8) is 0 Å². The molecule has 2 amide bonds. The van der Waals surface area contributed by atoms with E-state index in [4.69, 9.17) is 4.74 Å². The lowest BCUT2D eigenvalue weighted by atomic mass is 10.1. The third-order valence-electron chi connectivity index (χ3n) is 3.66. The van der Waals surface area contributed by atoms with Gasteiger partial charge in [-0.1, -0.05) is 11.6 Å². The van der Waals surface area contributed by atoms with Gasteiger partial charge in [0, 0.05) is 26.1 Å². The van der Waals surface area contributed by atoms with E-state index in [0.717, 1.165) is 24.9 Å². The number of methoxy groups -OCH3 is 1. The molecule has 21 heavy (non-hydrogen) atoms. The Morgan fingerprint density at radius 2 is 2.24 bits per heavy atom. The van der Waals surface area contributed by atoms with E-state index in [1.807, 2.05) is 24.0 Å². The zero-order chi connectivity index (χ0) is 15.2. The Balaban J connectivity index is 1.82. The SMILES string of the molecule is COc1ccc(C)cc1C(=O)NCCCN1CCCC1=O. The van der Waals surface area contributed by atoms with Crippen LogP contribution in [-0.2, 0) is 4.79 Å². The third-order valence-corrected chi connectivity index (χ3v) is 3.66. The van der Waals surface area contributed by atoms with Crippen LogP contribution in [0.4, 0.5) is 0 Å². The van der Waals surface area contributed by atoms with Gasteiger partial charge in [-0.25, -0.2) is 0 Å². The summed E-state index contributed by atoms with van der Waals surface area (Å²) in [5, 5.41) is 2.88. The highest BCUT2D eigenvalue weighted by atomic mass is 16.5. The molecule has 0 aliphatic carbocycles. The molecule has 0 radical (unpaired) electrons. The molecule has 0 atom stereocenters. The quantitative estimate of drug-likeness (QED) is 0.812. The number of carbonyl (C=O) groups excluding carboxylic acids is 2. The molecular weight excluding hydrogens is 268 g/mol. The van der Waals surface area contributed by atoms with E-state index in [1.54, 1.807) is 13.2 Å². The summed E-state index contributed by atoms with van der Waals surface area (Å²) in [4.78, 5) is 25.5. The van der Waals surface area contributed by atoms with E-state index in [1.165, 1.54) is 0 Å². The second kappa shape index (κ2) is 7.11. The van der Waals surface area contributed by atoms with Gasteiger partial charge in [0.1, 0.15) is 5.75 Å². The lowest BCUT2D eigenvalue weighted by molar-refractivity contribution is -0.127. The minimum atomic E-state index is -0.136. The molecular formula is C16H22N2O3. The Morgan fingerprint density at radius 1 is 1.43 bits per heavy atom. The molecule has 0 spiro atoms. The number of likely N-dealkylation sites (tertiary alicyclic amines) is 1. The maximum absolute atomic E-state index is 12.2. The number of amides is 2. The van der Waals surface area contributed by atoms with Crippen LogP contribution < -0.4 is 10.1 Å². The molecule has 114 valence electrons. The monoisotopic (exact) mass is 290 g/mol. The predicted molar refractivity (Wildman–Crippen MR) is 80.5 cm³/mol. The van der Waals surface area contributed by atoms with E-state index in [-0.39, 0.29) is 11.8 Å². The van der Waals surface area contributed by atoms with E-state index in [0.29, 0.717) is 30.8 Å². The summed E-state index contributed by atoms with van der Waals surface area (Å²) >= 11 is 0. The molecule has 2 rings (SSSR count). The highest BCUT2D eigenvalue weighted by Crippen LogP contribution is 2.19. The van der Waals surface area contributed by atoms with Gasteiger partial charge in [-0.15, -0.1) is 0 Å². The van der Waals surface area contributed by atoms with Crippen LogP contribution in [0.3, 0.4) is 0 Å². The molecule has 0 bridgehead atoms. The molecule has 1 aromatic carbocycles. The van der Waals surface area contributed by atoms with Crippen LogP contribution in [0.25, 0.3) is 0 Å². The summed E-state index contributed by atoms with van der Waals surface area (Å²) in [6.07, 6.45) is 2.38. The second-order valence-corrected chi connectivity index (χ2v) is 5.30. The van der Waals surface area contributed by atoms with Crippen molar-refractivity contribution in [1.29, 1.82) is 0 Å². The smallest absolute Gasteiger partial charge is 0.255 e. The van der Waals surface area contributed by atoms with Crippen molar-refractivity contribution >= 4 is 11.8 Å². The van der Waals surface area contributed by atoms with Gasteiger partial charge < -0.3 is 15.0 Å². The molecule has 1 aliphatic rings. The van der Waals surface area contributed by atoms with Crippen molar-refractivity contribution in [2.24, 2.45) is 0 Å². The molecule has 1 aliphatic heterocycles. The van der Waals surface area contributed by atoms with E-state index >= 15 is 0 Å². The van der Waals surface area contributed by atoms with Crippen molar-refractivity contribution in [2.45, 2.75) is 26.2 Å². The number of hydrogen-bond acceptors (Lipinski definition) is 3. The first kappa shape index (κ1) is 15.4. The molecule has 5 nitrogen and oxygen atoms in total. The maximum Gasteiger partial charge on any atom is 0.255 e. The number of ether oxygens (including phenoxy) is 1. The zero-order valence-electron chi connectivity index (χ0n) is 12.6. The molecule has 1 heterocycles. The van der Waals surface area contributed by atoms with Crippen LogP contribution in [0.1, 0.15) is 35.2 Å². The predicted octanol–water partition coefficient (Wildman–Crippen LogP) is 1.75. The average Bonchev–Trinajstić information content (AvgIpc) is 2.88. The van der Waals surface area contributed by atoms with Gasteiger partial charge in [0.25, 0.3) is 5.91 Å². The number of aryl methyl sites for hydroxylation is 1. The summed E-state index contributed by atoms with van der Waals surface area (Å²) in [6, 6.07) is 5.53. The zero-order valence-corrected chi connectivity index (χ0v) is 12.6. The third kappa shape index (κ3) is 3.97. The van der Waals surface area contributed by atoms with Crippen LogP contribution in [-0.4, -0.2) is 43.5 Å². The molecule has 1 fully saturated rings. The highest BCUT2D eigenvalue weighted by molar-refractivity contribution is 5.97. The van der Waals surface area contributed by atoms with Gasteiger partial charge in [0.2, 0.25) is 5.91 Å². The first-order valence-corrected chi connectivity index (χ1v) is 7.32. The Bertz CT molecular complexity index is 528. The van der Waals surface area contributed by atoms with E-state index in [9.17, 15) is 9.59 Å². The van der Waals surface area contributed by atoms with Crippen LogP contribution >= 0.6 is 0 Å². The van der Waals surface area contributed by atoms with E-state index < -0.39 is 0 Å². The first-order chi connectivity index (χ1) is 10.1. The van der Waals surface area contributed by atoms with Crippen molar-refractivity contribution in [1.82, 2.24) is 10.2 Å². The number of benzene rings is 1. The normalized spacial score (nSPS) is 14.4. The Kier molecular flexibility index (Phi) is 5.20. The van der Waals surface area contributed by atoms with Crippen molar-refractivity contribution in [3.05, 3.63) is 29.3 Å². The largest absolute Gasteiger partial charge is 0.496 e. The lowest BCUT2D eigenvalue weighted by Gasteiger charge is -2.15. The van der Waals surface area contributed by atoms with E-state index in [2.05, 4.69) is 5.32 Å². The fourth-order valence-corrected chi connectivity index (χ4v) is 2.51. The second-order valence-electron chi connectivity index (χ2n) is 5.30. The summed E-state index contributed by atoms with van der Waals surface area (Å²) < 4.78 is 5.21. The van der Waals surface area contributed by atoms with Gasteiger partial charge >= 0.3 is 0 Å². The molecule has 0 saturated carbocycles. The Hall–Kier alpha value is -2.04. The van der Waals surface area contributed by atoms with Crippen molar-refractivity contribution in [2.75, 3.05) is 26.7 Å². The average molecular weight is 290 g/mol. The lowest BCUT2D eigenvalue weighted by Crippen LogP contribution is -2.30. The van der Waals surface area contributed by atoms with Crippen LogP contribution in [0.5, 0.6) is 5.75 Å². The summed E-state index contributed by atoms with van der Waals surface area (Å²) in [5.74, 6) is 0.665. The standard InChI is InChI=1S/C16H22N2O3/c1-12-6-7-14(21-2)13(11-12)16(20)17-8-4-10-18-9-3-5-15(18)19/h6-7,11H,3-5,8-10H2,1-2H3,(H,17,20). The molecule has 0 unspecified atom stereocenters. The molecule has 1 aromatic rings. The highest BCUT2D eigenvalue weighted by Gasteiger charge is 2.19. The van der Waals surface area contributed by atoms with Gasteiger partial charge in [0.15, 0.2) is 0 Å². The Labute approximate surface area is 125 Å². The summed E-state index contributed by atoms with van der Waals surface area (Å²) in [7, 11) is 1.56. The topological polar surface area (TPSA) is 58.6 Å². The number of rotatable bonds is 6.